The minimum absolute atomic E-state index is 0.0975. The second-order valence-corrected chi connectivity index (χ2v) is 6.37. The van der Waals surface area contributed by atoms with Gasteiger partial charge in [-0.05, 0) is 24.3 Å². The smallest absolute Gasteiger partial charge is 0.265 e. The standard InChI is InChI=1S/C18H16Cl2N2O4/c1-21-18(24)16-9-22(14-4-2-3-5-15(14)26-16)17(23)10-25-11-6-7-12(19)13(20)8-11/h2-8,16H,9-10H2,1H3,(H,21,24). The number of nitrogens with zero attached hydrogens (tertiary/aromatic N) is 1. The summed E-state index contributed by atoms with van der Waals surface area (Å²) >= 11 is 11.8. The predicted molar refractivity (Wildman–Crippen MR) is 99.2 cm³/mol. The average Bonchev–Trinajstić information content (AvgIpc) is 2.67. The summed E-state index contributed by atoms with van der Waals surface area (Å²) in [7, 11) is 1.52. The van der Waals surface area contributed by atoms with Crippen molar-refractivity contribution in [1.29, 1.82) is 0 Å². The van der Waals surface area contributed by atoms with Crippen molar-refractivity contribution in [2.24, 2.45) is 0 Å². The quantitative estimate of drug-likeness (QED) is 0.865. The van der Waals surface area contributed by atoms with Crippen LogP contribution in [-0.4, -0.2) is 38.1 Å². The van der Waals surface area contributed by atoms with Crippen LogP contribution in [-0.2, 0) is 9.59 Å². The Hall–Kier alpha value is -2.44. The Bertz CT molecular complexity index is 844. The molecule has 0 saturated carbocycles. The van der Waals surface area contributed by atoms with E-state index in [0.29, 0.717) is 27.2 Å². The van der Waals surface area contributed by atoms with Gasteiger partial charge in [-0.15, -0.1) is 0 Å². The van der Waals surface area contributed by atoms with Gasteiger partial charge in [-0.25, -0.2) is 0 Å². The lowest BCUT2D eigenvalue weighted by atomic mass is 10.1. The van der Waals surface area contributed by atoms with Crippen molar-refractivity contribution >= 4 is 40.7 Å². The molecule has 0 aliphatic carbocycles. The van der Waals surface area contributed by atoms with E-state index in [9.17, 15) is 9.59 Å². The maximum atomic E-state index is 12.7. The number of carbonyl (C=O) groups is 2. The molecule has 0 saturated heterocycles. The Morgan fingerprint density at radius 2 is 2.00 bits per heavy atom. The summed E-state index contributed by atoms with van der Waals surface area (Å²) in [6, 6.07) is 11.8. The SMILES string of the molecule is CNC(=O)C1CN(C(=O)COc2ccc(Cl)c(Cl)c2)c2ccccc2O1. The number of halogens is 2. The number of benzene rings is 2. The molecule has 1 N–H and O–H groups in total. The lowest BCUT2D eigenvalue weighted by Crippen LogP contribution is -2.51. The highest BCUT2D eigenvalue weighted by Crippen LogP contribution is 2.33. The molecule has 2 aromatic rings. The van der Waals surface area contributed by atoms with Crippen LogP contribution in [0, 0.1) is 0 Å². The van der Waals surface area contributed by atoms with Crippen LogP contribution in [0.3, 0.4) is 0 Å². The summed E-state index contributed by atoms with van der Waals surface area (Å²) in [4.78, 5) is 26.1. The van der Waals surface area contributed by atoms with Gasteiger partial charge in [0.2, 0.25) is 0 Å². The maximum Gasteiger partial charge on any atom is 0.265 e. The summed E-state index contributed by atoms with van der Waals surface area (Å²) in [5.74, 6) is 0.288. The Morgan fingerprint density at radius 3 is 2.73 bits per heavy atom. The zero-order chi connectivity index (χ0) is 18.7. The third-order valence-corrected chi connectivity index (χ3v) is 4.61. The first-order chi connectivity index (χ1) is 12.5. The fraction of sp³-hybridized carbons (Fsp3) is 0.222. The number of para-hydroxylation sites is 2. The van der Waals surface area contributed by atoms with Crippen LogP contribution < -0.4 is 19.7 Å². The summed E-state index contributed by atoms with van der Waals surface area (Å²) < 4.78 is 11.2. The van der Waals surface area contributed by atoms with E-state index >= 15 is 0 Å². The molecule has 0 aromatic heterocycles. The molecule has 1 heterocycles. The molecule has 1 aliphatic heterocycles. The Balaban J connectivity index is 1.76. The fourth-order valence-electron chi connectivity index (χ4n) is 2.56. The number of carbonyl (C=O) groups excluding carboxylic acids is 2. The van der Waals surface area contributed by atoms with E-state index < -0.39 is 6.10 Å². The van der Waals surface area contributed by atoms with E-state index in [0.717, 1.165) is 0 Å². The molecule has 0 fully saturated rings. The molecule has 1 unspecified atom stereocenters. The van der Waals surface area contributed by atoms with E-state index in [1.165, 1.54) is 18.0 Å². The first-order valence-electron chi connectivity index (χ1n) is 7.85. The van der Waals surface area contributed by atoms with Crippen molar-refractivity contribution in [2.75, 3.05) is 25.1 Å². The van der Waals surface area contributed by atoms with Crippen molar-refractivity contribution in [3.05, 3.63) is 52.5 Å². The Morgan fingerprint density at radius 1 is 1.23 bits per heavy atom. The van der Waals surface area contributed by atoms with Gasteiger partial charge in [-0.2, -0.15) is 0 Å². The lowest BCUT2D eigenvalue weighted by molar-refractivity contribution is -0.128. The Labute approximate surface area is 160 Å². The summed E-state index contributed by atoms with van der Waals surface area (Å²) in [6.07, 6.45) is -0.788. The number of ether oxygens (including phenoxy) is 2. The highest BCUT2D eigenvalue weighted by Gasteiger charge is 2.33. The predicted octanol–water partition coefficient (Wildman–Crippen LogP) is 2.91. The summed E-state index contributed by atoms with van der Waals surface area (Å²) in [5.41, 5.74) is 0.593. The van der Waals surface area contributed by atoms with Gasteiger partial charge in [-0.3, -0.25) is 9.59 Å². The van der Waals surface area contributed by atoms with Crippen LogP contribution >= 0.6 is 23.2 Å². The minimum Gasteiger partial charge on any atom is -0.484 e. The van der Waals surface area contributed by atoms with Gasteiger partial charge in [0.15, 0.2) is 12.7 Å². The molecular formula is C18H16Cl2N2O4. The lowest BCUT2D eigenvalue weighted by Gasteiger charge is -2.33. The maximum absolute atomic E-state index is 12.7. The van der Waals surface area contributed by atoms with Crippen molar-refractivity contribution in [1.82, 2.24) is 5.32 Å². The summed E-state index contributed by atoms with van der Waals surface area (Å²) in [5, 5.41) is 3.28. The molecule has 2 amide bonds. The molecule has 0 spiro atoms. The number of nitrogens with one attached hydrogen (secondary N) is 1. The molecule has 1 aliphatic rings. The Kier molecular flexibility index (Phi) is 5.54. The number of likely N-dealkylation sites (N-methyl/N-ethyl adjacent to an activating group) is 1. The number of anilines is 1. The minimum atomic E-state index is -0.788. The molecule has 3 rings (SSSR count). The van der Waals surface area contributed by atoms with Crippen LogP contribution in [0.1, 0.15) is 0 Å². The first-order valence-corrected chi connectivity index (χ1v) is 8.60. The molecule has 2 aromatic carbocycles. The number of rotatable bonds is 4. The van der Waals surface area contributed by atoms with Crippen molar-refractivity contribution < 1.29 is 19.1 Å². The van der Waals surface area contributed by atoms with Gasteiger partial charge >= 0.3 is 0 Å². The van der Waals surface area contributed by atoms with Crippen LogP contribution in [0.15, 0.2) is 42.5 Å². The molecule has 6 nitrogen and oxygen atoms in total. The van der Waals surface area contributed by atoms with Gasteiger partial charge < -0.3 is 19.7 Å². The third kappa shape index (κ3) is 3.86. The first kappa shape index (κ1) is 18.4. The van der Waals surface area contributed by atoms with Gasteiger partial charge in [0.05, 0.1) is 22.3 Å². The second-order valence-electron chi connectivity index (χ2n) is 5.56. The largest absolute Gasteiger partial charge is 0.484 e. The van der Waals surface area contributed by atoms with Crippen molar-refractivity contribution in [3.63, 3.8) is 0 Å². The van der Waals surface area contributed by atoms with Gasteiger partial charge in [0, 0.05) is 13.1 Å². The molecule has 26 heavy (non-hydrogen) atoms. The van der Waals surface area contributed by atoms with Crippen molar-refractivity contribution in [2.45, 2.75) is 6.10 Å². The molecule has 0 radical (unpaired) electrons. The molecule has 0 bridgehead atoms. The van der Waals surface area contributed by atoms with Crippen molar-refractivity contribution in [3.8, 4) is 11.5 Å². The van der Waals surface area contributed by atoms with Gasteiger partial charge in [0.25, 0.3) is 11.8 Å². The second kappa shape index (κ2) is 7.85. The fourth-order valence-corrected chi connectivity index (χ4v) is 2.85. The number of fused-ring (bicyclic) bond motifs is 1. The van der Waals surface area contributed by atoms with E-state index in [-0.39, 0.29) is 25.0 Å². The average molecular weight is 395 g/mol. The van der Waals surface area contributed by atoms with E-state index in [1.54, 1.807) is 36.4 Å². The van der Waals surface area contributed by atoms with Gasteiger partial charge in [-0.1, -0.05) is 35.3 Å². The normalized spacial score (nSPS) is 15.7. The van der Waals surface area contributed by atoms with E-state index in [4.69, 9.17) is 32.7 Å². The number of hydrogen-bond donors (Lipinski definition) is 1. The van der Waals surface area contributed by atoms with Crippen LogP contribution in [0.5, 0.6) is 11.5 Å². The van der Waals surface area contributed by atoms with Crippen LogP contribution in [0.4, 0.5) is 5.69 Å². The number of amides is 2. The zero-order valence-electron chi connectivity index (χ0n) is 13.9. The highest BCUT2D eigenvalue weighted by atomic mass is 35.5. The van der Waals surface area contributed by atoms with Crippen LogP contribution in [0.25, 0.3) is 0 Å². The zero-order valence-corrected chi connectivity index (χ0v) is 15.4. The highest BCUT2D eigenvalue weighted by molar-refractivity contribution is 6.42. The van der Waals surface area contributed by atoms with E-state index in [1.807, 2.05) is 0 Å². The topological polar surface area (TPSA) is 67.9 Å². The third-order valence-electron chi connectivity index (χ3n) is 3.87. The van der Waals surface area contributed by atoms with Gasteiger partial charge in [0.1, 0.15) is 11.5 Å². The molecule has 1 atom stereocenters. The van der Waals surface area contributed by atoms with Crippen LogP contribution in [0.2, 0.25) is 10.0 Å². The monoisotopic (exact) mass is 394 g/mol. The van der Waals surface area contributed by atoms with E-state index in [2.05, 4.69) is 5.32 Å². The number of hydrogen-bond acceptors (Lipinski definition) is 4. The molecular weight excluding hydrogens is 379 g/mol. The summed E-state index contributed by atoms with van der Waals surface area (Å²) in [6.45, 7) is -0.118. The molecule has 8 heteroatoms. The molecule has 136 valence electrons.